The van der Waals surface area contributed by atoms with Crippen molar-refractivity contribution in [3.8, 4) is 0 Å². The van der Waals surface area contributed by atoms with E-state index in [-0.39, 0.29) is 0 Å². The molecule has 1 N–H and O–H groups in total. The first kappa shape index (κ1) is 9.47. The van der Waals surface area contributed by atoms with Crippen molar-refractivity contribution in [3.63, 3.8) is 0 Å². The molecule has 2 nitrogen and oxygen atoms in total. The van der Waals surface area contributed by atoms with Gasteiger partial charge in [-0.05, 0) is 51.5 Å². The predicted molar refractivity (Wildman–Crippen MR) is 53.8 cm³/mol. The Bertz CT molecular complexity index is 139. The minimum atomic E-state index is 0.598. The fourth-order valence-electron chi connectivity index (χ4n) is 1.96. The lowest BCUT2D eigenvalue weighted by Crippen LogP contribution is -2.17. The summed E-state index contributed by atoms with van der Waals surface area (Å²) in [6, 6.07) is 0.878. The number of hydrogen-bond donors (Lipinski definition) is 1. The topological polar surface area (TPSA) is 21.3 Å². The lowest BCUT2D eigenvalue weighted by atomic mass is 10.1. The fraction of sp³-hybridized carbons (Fsp3) is 1.00. The van der Waals surface area contributed by atoms with Gasteiger partial charge in [0.1, 0.15) is 0 Å². The zero-order valence-electron chi connectivity index (χ0n) is 8.43. The van der Waals surface area contributed by atoms with Crippen LogP contribution in [0.15, 0.2) is 0 Å². The summed E-state index contributed by atoms with van der Waals surface area (Å²) in [6.07, 6.45) is 9.95. The average molecular weight is 183 g/mol. The van der Waals surface area contributed by atoms with E-state index in [1.807, 2.05) is 0 Å². The molecule has 1 saturated heterocycles. The maximum atomic E-state index is 5.57. The third-order valence-corrected chi connectivity index (χ3v) is 2.99. The van der Waals surface area contributed by atoms with Crippen LogP contribution in [0.25, 0.3) is 0 Å². The van der Waals surface area contributed by atoms with Crippen molar-refractivity contribution in [1.82, 2.24) is 5.32 Å². The third kappa shape index (κ3) is 3.65. The third-order valence-electron chi connectivity index (χ3n) is 2.99. The van der Waals surface area contributed by atoms with E-state index >= 15 is 0 Å². The molecule has 0 aromatic rings. The summed E-state index contributed by atoms with van der Waals surface area (Å²) in [5.41, 5.74) is 0. The average Bonchev–Trinajstić information content (AvgIpc) is 2.81. The van der Waals surface area contributed by atoms with Crippen molar-refractivity contribution in [1.29, 1.82) is 0 Å². The van der Waals surface area contributed by atoms with Crippen molar-refractivity contribution in [2.24, 2.45) is 0 Å². The quantitative estimate of drug-likeness (QED) is 0.637. The minimum absolute atomic E-state index is 0.598. The molecule has 13 heavy (non-hydrogen) atoms. The molecule has 0 bridgehead atoms. The summed E-state index contributed by atoms with van der Waals surface area (Å²) in [5.74, 6) is 0. The normalized spacial score (nSPS) is 28.2. The number of ether oxygens (including phenoxy) is 1. The van der Waals surface area contributed by atoms with Crippen LogP contribution in [-0.4, -0.2) is 25.3 Å². The summed E-state index contributed by atoms with van der Waals surface area (Å²) in [7, 11) is 0. The van der Waals surface area contributed by atoms with Gasteiger partial charge in [0, 0.05) is 12.6 Å². The smallest absolute Gasteiger partial charge is 0.0576 e. The molecule has 1 unspecified atom stereocenters. The molecule has 1 aliphatic carbocycles. The highest BCUT2D eigenvalue weighted by molar-refractivity contribution is 4.80. The second kappa shape index (κ2) is 4.97. The van der Waals surface area contributed by atoms with Crippen LogP contribution in [0.1, 0.15) is 44.9 Å². The van der Waals surface area contributed by atoms with Crippen LogP contribution in [-0.2, 0) is 4.74 Å². The second-order valence-corrected chi connectivity index (χ2v) is 4.36. The summed E-state index contributed by atoms with van der Waals surface area (Å²) < 4.78 is 5.57. The SMILES string of the molecule is C(CCC1CCCO1)CNC1CC1. The number of nitrogens with one attached hydrogen (secondary N) is 1. The zero-order valence-corrected chi connectivity index (χ0v) is 8.43. The molecule has 2 aliphatic rings. The molecule has 0 radical (unpaired) electrons. The maximum Gasteiger partial charge on any atom is 0.0576 e. The number of hydrogen-bond acceptors (Lipinski definition) is 2. The Hall–Kier alpha value is -0.0800. The molecule has 2 heteroatoms. The van der Waals surface area contributed by atoms with E-state index in [2.05, 4.69) is 5.32 Å². The van der Waals surface area contributed by atoms with Gasteiger partial charge in [-0.25, -0.2) is 0 Å². The van der Waals surface area contributed by atoms with Crippen LogP contribution in [0.4, 0.5) is 0 Å². The van der Waals surface area contributed by atoms with Gasteiger partial charge in [-0.2, -0.15) is 0 Å². The van der Waals surface area contributed by atoms with E-state index in [1.54, 1.807) is 0 Å². The molecule has 0 spiro atoms. The van der Waals surface area contributed by atoms with Crippen molar-refractivity contribution < 1.29 is 4.74 Å². The molecule has 2 rings (SSSR count). The highest BCUT2D eigenvalue weighted by Crippen LogP contribution is 2.19. The molecule has 1 atom stereocenters. The van der Waals surface area contributed by atoms with Gasteiger partial charge in [-0.15, -0.1) is 0 Å². The first-order valence-electron chi connectivity index (χ1n) is 5.80. The van der Waals surface area contributed by atoms with Gasteiger partial charge in [0.15, 0.2) is 0 Å². The summed E-state index contributed by atoms with van der Waals surface area (Å²) in [6.45, 7) is 2.22. The first-order chi connectivity index (χ1) is 6.45. The Labute approximate surface area is 81.0 Å². The molecule has 1 heterocycles. The van der Waals surface area contributed by atoms with Crippen LogP contribution >= 0.6 is 0 Å². The van der Waals surface area contributed by atoms with Crippen molar-refractivity contribution in [2.45, 2.75) is 57.1 Å². The van der Waals surface area contributed by atoms with Crippen LogP contribution in [0.2, 0.25) is 0 Å². The monoisotopic (exact) mass is 183 g/mol. The number of rotatable bonds is 6. The zero-order chi connectivity index (χ0) is 8.93. The second-order valence-electron chi connectivity index (χ2n) is 4.36. The summed E-state index contributed by atoms with van der Waals surface area (Å²) in [4.78, 5) is 0. The van der Waals surface area contributed by atoms with E-state index in [0.717, 1.165) is 12.6 Å². The molecular formula is C11H21NO. The molecular weight excluding hydrogens is 162 g/mol. The van der Waals surface area contributed by atoms with E-state index in [1.165, 1.54) is 51.5 Å². The highest BCUT2D eigenvalue weighted by Gasteiger charge is 2.19. The molecule has 0 aromatic carbocycles. The van der Waals surface area contributed by atoms with Gasteiger partial charge < -0.3 is 10.1 Å². The lowest BCUT2D eigenvalue weighted by molar-refractivity contribution is 0.102. The maximum absolute atomic E-state index is 5.57. The molecule has 1 aliphatic heterocycles. The van der Waals surface area contributed by atoms with Crippen LogP contribution in [0.5, 0.6) is 0 Å². The summed E-state index contributed by atoms with van der Waals surface area (Å²) >= 11 is 0. The van der Waals surface area contributed by atoms with E-state index in [9.17, 15) is 0 Å². The predicted octanol–water partition coefficient (Wildman–Crippen LogP) is 2.09. The molecule has 1 saturated carbocycles. The van der Waals surface area contributed by atoms with Gasteiger partial charge >= 0.3 is 0 Å². The first-order valence-corrected chi connectivity index (χ1v) is 5.80. The molecule has 2 fully saturated rings. The fourth-order valence-corrected chi connectivity index (χ4v) is 1.96. The Morgan fingerprint density at radius 2 is 2.08 bits per heavy atom. The Morgan fingerprint density at radius 1 is 1.15 bits per heavy atom. The lowest BCUT2D eigenvalue weighted by Gasteiger charge is -2.08. The largest absolute Gasteiger partial charge is 0.378 e. The number of unbranched alkanes of at least 4 members (excludes halogenated alkanes) is 1. The van der Waals surface area contributed by atoms with E-state index in [0.29, 0.717) is 6.10 Å². The Balaban J connectivity index is 1.39. The van der Waals surface area contributed by atoms with Gasteiger partial charge in [0.05, 0.1) is 6.10 Å². The van der Waals surface area contributed by atoms with Crippen LogP contribution in [0, 0.1) is 0 Å². The van der Waals surface area contributed by atoms with Gasteiger partial charge in [-0.3, -0.25) is 0 Å². The van der Waals surface area contributed by atoms with Gasteiger partial charge in [0.2, 0.25) is 0 Å². The van der Waals surface area contributed by atoms with Crippen molar-refractivity contribution >= 4 is 0 Å². The molecule has 76 valence electrons. The van der Waals surface area contributed by atoms with Crippen molar-refractivity contribution in [3.05, 3.63) is 0 Å². The standard InChI is InChI=1S/C11H21NO/c1(2-8-12-10-6-7-10)4-11-5-3-9-13-11/h10-12H,1-9H2. The Kier molecular flexibility index (Phi) is 3.62. The van der Waals surface area contributed by atoms with Gasteiger partial charge in [0.25, 0.3) is 0 Å². The molecule has 0 amide bonds. The van der Waals surface area contributed by atoms with Crippen LogP contribution < -0.4 is 5.32 Å². The van der Waals surface area contributed by atoms with E-state index in [4.69, 9.17) is 4.74 Å². The minimum Gasteiger partial charge on any atom is -0.378 e. The molecule has 0 aromatic heterocycles. The summed E-state index contributed by atoms with van der Waals surface area (Å²) in [5, 5.41) is 3.54. The van der Waals surface area contributed by atoms with Crippen molar-refractivity contribution in [2.75, 3.05) is 13.2 Å². The van der Waals surface area contributed by atoms with Gasteiger partial charge in [-0.1, -0.05) is 0 Å². The van der Waals surface area contributed by atoms with E-state index < -0.39 is 0 Å². The Morgan fingerprint density at radius 3 is 2.77 bits per heavy atom. The highest BCUT2D eigenvalue weighted by atomic mass is 16.5. The van der Waals surface area contributed by atoms with Crippen LogP contribution in [0.3, 0.4) is 0 Å².